The lowest BCUT2D eigenvalue weighted by Gasteiger charge is -2.36. The molecule has 0 amide bonds. The van der Waals surface area contributed by atoms with E-state index >= 15 is 0 Å². The van der Waals surface area contributed by atoms with Gasteiger partial charge in [-0.2, -0.15) is 0 Å². The molecule has 1 aromatic rings. The maximum absolute atomic E-state index is 11.8. The van der Waals surface area contributed by atoms with Crippen LogP contribution in [0.4, 0.5) is 0 Å². The van der Waals surface area contributed by atoms with Crippen LogP contribution in [-0.2, 0) is 16.1 Å². The van der Waals surface area contributed by atoms with Crippen LogP contribution >= 0.6 is 0 Å². The van der Waals surface area contributed by atoms with E-state index < -0.39 is 0 Å². The number of piperidine rings is 2. The number of ether oxygens (including phenoxy) is 1. The summed E-state index contributed by atoms with van der Waals surface area (Å²) in [5.74, 6) is 0.935. The third kappa shape index (κ3) is 6.20. The van der Waals surface area contributed by atoms with Gasteiger partial charge in [0.1, 0.15) is 0 Å². The van der Waals surface area contributed by atoms with Crippen LogP contribution in [0.2, 0.25) is 0 Å². The molecule has 160 valence electrons. The van der Waals surface area contributed by atoms with Gasteiger partial charge in [-0.3, -0.25) is 14.7 Å². The summed E-state index contributed by atoms with van der Waals surface area (Å²) in [5.41, 5.74) is 1.38. The molecule has 0 aliphatic carbocycles. The molecule has 3 rings (SSSR count). The van der Waals surface area contributed by atoms with Crippen molar-refractivity contribution in [3.63, 3.8) is 0 Å². The number of guanidine groups is 1. The largest absolute Gasteiger partial charge is 0.469 e. The third-order valence-corrected chi connectivity index (χ3v) is 6.09. The number of nitrogens with zero attached hydrogens (tertiary/aromatic N) is 3. The predicted octanol–water partition coefficient (Wildman–Crippen LogP) is 2.89. The molecule has 0 bridgehead atoms. The lowest BCUT2D eigenvalue weighted by atomic mass is 9.97. The topological polar surface area (TPSA) is 57.2 Å². The number of rotatable bonds is 6. The van der Waals surface area contributed by atoms with Gasteiger partial charge < -0.3 is 15.0 Å². The summed E-state index contributed by atoms with van der Waals surface area (Å²) < 4.78 is 4.91. The van der Waals surface area contributed by atoms with E-state index in [-0.39, 0.29) is 11.9 Å². The molecule has 0 saturated carbocycles. The molecule has 1 aromatic carbocycles. The number of methoxy groups -OCH3 is 1. The monoisotopic (exact) mass is 400 g/mol. The summed E-state index contributed by atoms with van der Waals surface area (Å²) in [6.45, 7) is 7.64. The molecule has 6 heteroatoms. The second-order valence-corrected chi connectivity index (χ2v) is 8.08. The molecule has 0 radical (unpaired) electrons. The molecule has 2 aliphatic heterocycles. The van der Waals surface area contributed by atoms with Gasteiger partial charge in [0, 0.05) is 32.2 Å². The molecule has 2 heterocycles. The molecule has 2 fully saturated rings. The van der Waals surface area contributed by atoms with Crippen molar-refractivity contribution in [3.8, 4) is 0 Å². The zero-order chi connectivity index (χ0) is 20.5. The summed E-state index contributed by atoms with van der Waals surface area (Å²) in [7, 11) is 1.48. The second kappa shape index (κ2) is 11.2. The van der Waals surface area contributed by atoms with Crippen LogP contribution in [0.1, 0.15) is 44.6 Å². The maximum atomic E-state index is 11.8. The molecular formula is C23H36N4O2. The minimum atomic E-state index is -0.0784. The Balaban J connectivity index is 1.60. The van der Waals surface area contributed by atoms with Gasteiger partial charge in [0.15, 0.2) is 5.96 Å². The Morgan fingerprint density at radius 2 is 1.90 bits per heavy atom. The molecule has 1 unspecified atom stereocenters. The molecule has 2 aliphatic rings. The van der Waals surface area contributed by atoms with Crippen LogP contribution in [-0.4, -0.2) is 67.6 Å². The second-order valence-electron chi connectivity index (χ2n) is 8.08. The van der Waals surface area contributed by atoms with E-state index in [4.69, 9.17) is 9.73 Å². The van der Waals surface area contributed by atoms with E-state index in [9.17, 15) is 4.79 Å². The van der Waals surface area contributed by atoms with Crippen LogP contribution in [0.5, 0.6) is 0 Å². The fourth-order valence-electron chi connectivity index (χ4n) is 4.40. The lowest BCUT2D eigenvalue weighted by Crippen LogP contribution is -2.47. The highest BCUT2D eigenvalue weighted by molar-refractivity contribution is 5.80. The molecule has 29 heavy (non-hydrogen) atoms. The molecule has 0 spiro atoms. The Hall–Kier alpha value is -2.08. The molecule has 0 aromatic heterocycles. The smallest absolute Gasteiger partial charge is 0.308 e. The van der Waals surface area contributed by atoms with Crippen LogP contribution in [0.15, 0.2) is 35.3 Å². The Labute approximate surface area is 175 Å². The molecule has 1 N–H and O–H groups in total. The van der Waals surface area contributed by atoms with Crippen LogP contribution in [0.3, 0.4) is 0 Å². The SMILES string of the molecule is CCNC(=NCC1CCCCN1Cc1ccccc1)N1CCC(C(=O)OC)CC1. The quantitative estimate of drug-likeness (QED) is 0.452. The highest BCUT2D eigenvalue weighted by Crippen LogP contribution is 2.21. The van der Waals surface area contributed by atoms with E-state index in [1.165, 1.54) is 31.9 Å². The van der Waals surface area contributed by atoms with Gasteiger partial charge in [-0.05, 0) is 44.7 Å². The van der Waals surface area contributed by atoms with E-state index in [1.54, 1.807) is 0 Å². The van der Waals surface area contributed by atoms with Gasteiger partial charge in [0.05, 0.1) is 19.6 Å². The van der Waals surface area contributed by atoms with E-state index in [0.717, 1.165) is 58.1 Å². The van der Waals surface area contributed by atoms with Gasteiger partial charge in [0.2, 0.25) is 0 Å². The van der Waals surface area contributed by atoms with Crippen molar-refractivity contribution >= 4 is 11.9 Å². The van der Waals surface area contributed by atoms with Crippen molar-refractivity contribution in [1.82, 2.24) is 15.1 Å². The highest BCUT2D eigenvalue weighted by atomic mass is 16.5. The maximum Gasteiger partial charge on any atom is 0.308 e. The van der Waals surface area contributed by atoms with Crippen molar-refractivity contribution in [2.45, 2.75) is 51.6 Å². The van der Waals surface area contributed by atoms with Gasteiger partial charge in [-0.15, -0.1) is 0 Å². The number of likely N-dealkylation sites (tertiary alicyclic amines) is 2. The average Bonchev–Trinajstić information content (AvgIpc) is 2.78. The zero-order valence-electron chi connectivity index (χ0n) is 18.0. The van der Waals surface area contributed by atoms with Gasteiger partial charge in [-0.1, -0.05) is 36.8 Å². The summed E-state index contributed by atoms with van der Waals surface area (Å²) in [5, 5.41) is 3.46. The number of nitrogens with one attached hydrogen (secondary N) is 1. The summed E-state index contributed by atoms with van der Waals surface area (Å²) in [6.07, 6.45) is 5.43. The van der Waals surface area contributed by atoms with Crippen LogP contribution in [0.25, 0.3) is 0 Å². The zero-order valence-corrected chi connectivity index (χ0v) is 18.0. The number of benzene rings is 1. The number of esters is 1. The number of aliphatic imine (C=N–C) groups is 1. The van der Waals surface area contributed by atoms with Crippen molar-refractivity contribution in [2.24, 2.45) is 10.9 Å². The van der Waals surface area contributed by atoms with Crippen molar-refractivity contribution in [2.75, 3.05) is 39.8 Å². The Kier molecular flexibility index (Phi) is 8.35. The standard InChI is InChI=1S/C23H36N4O2/c1-3-24-23(26-15-12-20(13-16-26)22(28)29-2)25-17-21-11-7-8-14-27(21)18-19-9-5-4-6-10-19/h4-6,9-10,20-21H,3,7-8,11-18H2,1-2H3,(H,24,25). The number of carbonyl (C=O) groups is 1. The van der Waals surface area contributed by atoms with Crippen molar-refractivity contribution in [3.05, 3.63) is 35.9 Å². The normalized spacial score (nSPS) is 21.8. The number of carbonyl (C=O) groups excluding carboxylic acids is 1. The van der Waals surface area contributed by atoms with Gasteiger partial charge >= 0.3 is 5.97 Å². The average molecular weight is 401 g/mol. The van der Waals surface area contributed by atoms with Crippen molar-refractivity contribution in [1.29, 1.82) is 0 Å². The lowest BCUT2D eigenvalue weighted by molar-refractivity contribution is -0.146. The Morgan fingerprint density at radius 3 is 2.59 bits per heavy atom. The first kappa shape index (κ1) is 21.6. The molecular weight excluding hydrogens is 364 g/mol. The van der Waals surface area contributed by atoms with E-state index in [1.807, 2.05) is 0 Å². The van der Waals surface area contributed by atoms with Crippen molar-refractivity contribution < 1.29 is 9.53 Å². The first-order chi connectivity index (χ1) is 14.2. The first-order valence-corrected chi connectivity index (χ1v) is 11.1. The van der Waals surface area contributed by atoms with Gasteiger partial charge in [0.25, 0.3) is 0 Å². The van der Waals surface area contributed by atoms with Gasteiger partial charge in [-0.25, -0.2) is 0 Å². The third-order valence-electron chi connectivity index (χ3n) is 6.09. The van der Waals surface area contributed by atoms with Crippen LogP contribution in [0, 0.1) is 5.92 Å². The molecule has 6 nitrogen and oxygen atoms in total. The fraction of sp³-hybridized carbons (Fsp3) is 0.652. The number of hydrogen-bond donors (Lipinski definition) is 1. The Bertz CT molecular complexity index is 656. The Morgan fingerprint density at radius 1 is 1.14 bits per heavy atom. The van der Waals surface area contributed by atoms with E-state index in [0.29, 0.717) is 6.04 Å². The fourth-order valence-corrected chi connectivity index (χ4v) is 4.40. The number of hydrogen-bond acceptors (Lipinski definition) is 4. The first-order valence-electron chi connectivity index (χ1n) is 11.1. The van der Waals surface area contributed by atoms with E-state index in [2.05, 4.69) is 52.4 Å². The molecule has 1 atom stereocenters. The predicted molar refractivity (Wildman–Crippen MR) is 117 cm³/mol. The summed E-state index contributed by atoms with van der Waals surface area (Å²) in [6, 6.07) is 11.2. The summed E-state index contributed by atoms with van der Waals surface area (Å²) in [4.78, 5) is 21.7. The van der Waals surface area contributed by atoms with Crippen LogP contribution < -0.4 is 5.32 Å². The molecule has 2 saturated heterocycles. The minimum Gasteiger partial charge on any atom is -0.469 e. The minimum absolute atomic E-state index is 0.0267. The highest BCUT2D eigenvalue weighted by Gasteiger charge is 2.28. The summed E-state index contributed by atoms with van der Waals surface area (Å²) >= 11 is 0.